The molecule has 41 heavy (non-hydrogen) atoms. The topological polar surface area (TPSA) is 68.7 Å². The molecule has 3 aromatic carbocycles. The Kier molecular flexibility index (Phi) is 9.02. The summed E-state index contributed by atoms with van der Waals surface area (Å²) in [6, 6.07) is 25.5. The third kappa shape index (κ3) is 6.15. The van der Waals surface area contributed by atoms with Crippen LogP contribution in [-0.2, 0) is 15.8 Å². The van der Waals surface area contributed by atoms with Gasteiger partial charge < -0.3 is 20.2 Å². The first kappa shape index (κ1) is 29.5. The van der Waals surface area contributed by atoms with Gasteiger partial charge in [0.15, 0.2) is 5.13 Å². The Bertz CT molecular complexity index is 1410. The zero-order valence-corrected chi connectivity index (χ0v) is 25.5. The minimum absolute atomic E-state index is 0.0598. The number of likely N-dealkylation sites (N-methyl/N-ethyl adjacent to an activating group) is 1. The molecule has 0 unspecified atom stereocenters. The number of amides is 1. The lowest BCUT2D eigenvalue weighted by molar-refractivity contribution is -0.133. The second-order valence-electron chi connectivity index (χ2n) is 10.7. The molecule has 0 spiro atoms. The lowest BCUT2D eigenvalue weighted by atomic mass is 9.70. The highest BCUT2D eigenvalue weighted by atomic mass is 35.5. The Morgan fingerprint density at radius 1 is 0.976 bits per heavy atom. The molecule has 1 saturated heterocycles. The molecule has 214 valence electrons. The number of carbonyl (C=O) groups is 1. The number of halogens is 2. The standard InChI is InChI=1S/C32H34Cl2N4O2S/c1-37(2)29(39)32(23-10-5-3-6-11-23,24-12-7-4-8-13-24)18-21-38-19-16-31(40,17-20-38)27-22-41-30(35-27)36-28-25(33)14-9-15-26(28)34/h3-15,22,40H,16-21H2,1-2H3,(H,35,36). The average molecular weight is 610 g/mol. The van der Waals surface area contributed by atoms with Gasteiger partial charge in [0.25, 0.3) is 0 Å². The first-order valence-corrected chi connectivity index (χ1v) is 15.3. The van der Waals surface area contributed by atoms with E-state index in [-0.39, 0.29) is 5.91 Å². The number of thiazole rings is 1. The van der Waals surface area contributed by atoms with Crippen LogP contribution in [0.15, 0.2) is 84.2 Å². The van der Waals surface area contributed by atoms with Crippen molar-refractivity contribution in [2.75, 3.05) is 39.0 Å². The van der Waals surface area contributed by atoms with Gasteiger partial charge in [-0.25, -0.2) is 4.98 Å². The summed E-state index contributed by atoms with van der Waals surface area (Å²) in [6.45, 7) is 2.11. The van der Waals surface area contributed by atoms with Crippen molar-refractivity contribution in [1.82, 2.24) is 14.8 Å². The molecule has 6 nitrogen and oxygen atoms in total. The second kappa shape index (κ2) is 12.5. The molecular weight excluding hydrogens is 575 g/mol. The van der Waals surface area contributed by atoms with Crippen LogP contribution in [0.2, 0.25) is 10.0 Å². The van der Waals surface area contributed by atoms with E-state index < -0.39 is 11.0 Å². The highest BCUT2D eigenvalue weighted by Gasteiger charge is 2.44. The number of likely N-dealkylation sites (tertiary alicyclic amines) is 1. The van der Waals surface area contributed by atoms with Crippen molar-refractivity contribution < 1.29 is 9.90 Å². The summed E-state index contributed by atoms with van der Waals surface area (Å²) in [5.74, 6) is 0.0598. The number of aromatic nitrogens is 1. The van der Waals surface area contributed by atoms with Crippen LogP contribution in [0, 0.1) is 0 Å². The molecule has 2 heterocycles. The molecule has 1 aliphatic heterocycles. The molecule has 0 aliphatic carbocycles. The zero-order valence-electron chi connectivity index (χ0n) is 23.2. The van der Waals surface area contributed by atoms with Crippen LogP contribution in [0.3, 0.4) is 0 Å². The van der Waals surface area contributed by atoms with Crippen LogP contribution in [0.25, 0.3) is 0 Å². The van der Waals surface area contributed by atoms with E-state index in [9.17, 15) is 9.90 Å². The maximum Gasteiger partial charge on any atom is 0.237 e. The number of hydrogen-bond donors (Lipinski definition) is 2. The van der Waals surface area contributed by atoms with Gasteiger partial charge in [0.05, 0.1) is 21.4 Å². The van der Waals surface area contributed by atoms with Crippen LogP contribution in [0.4, 0.5) is 10.8 Å². The molecule has 0 radical (unpaired) electrons. The quantitative estimate of drug-likeness (QED) is 0.215. The van der Waals surface area contributed by atoms with Gasteiger partial charge in [0.1, 0.15) is 11.0 Å². The first-order valence-electron chi connectivity index (χ1n) is 13.7. The van der Waals surface area contributed by atoms with Crippen molar-refractivity contribution in [2.24, 2.45) is 0 Å². The molecule has 0 atom stereocenters. The van der Waals surface area contributed by atoms with Crippen molar-refractivity contribution in [3.8, 4) is 0 Å². The Hall–Kier alpha value is -2.94. The van der Waals surface area contributed by atoms with Gasteiger partial charge in [-0.05, 0) is 49.1 Å². The van der Waals surface area contributed by atoms with Crippen LogP contribution in [0.5, 0.6) is 0 Å². The van der Waals surface area contributed by atoms with Gasteiger partial charge in [-0.2, -0.15) is 0 Å². The maximum atomic E-state index is 13.9. The molecule has 1 amide bonds. The summed E-state index contributed by atoms with van der Waals surface area (Å²) in [5.41, 5.74) is 1.39. The fourth-order valence-corrected chi connectivity index (χ4v) is 6.93. The van der Waals surface area contributed by atoms with Gasteiger partial charge >= 0.3 is 0 Å². The molecule has 2 N–H and O–H groups in total. The van der Waals surface area contributed by atoms with E-state index in [2.05, 4.69) is 15.2 Å². The van der Waals surface area contributed by atoms with E-state index in [0.717, 1.165) is 11.1 Å². The van der Waals surface area contributed by atoms with Crippen molar-refractivity contribution in [1.29, 1.82) is 0 Å². The number of aliphatic hydroxyl groups is 1. The fourth-order valence-electron chi connectivity index (χ4n) is 5.63. The predicted molar refractivity (Wildman–Crippen MR) is 168 cm³/mol. The first-order chi connectivity index (χ1) is 19.7. The number of para-hydroxylation sites is 1. The molecule has 5 rings (SSSR count). The average Bonchev–Trinajstić information content (AvgIpc) is 3.47. The highest BCUT2D eigenvalue weighted by Crippen LogP contribution is 2.40. The van der Waals surface area contributed by atoms with Gasteiger partial charge in [-0.15, -0.1) is 11.3 Å². The predicted octanol–water partition coefficient (Wildman–Crippen LogP) is 6.94. The summed E-state index contributed by atoms with van der Waals surface area (Å²) in [7, 11) is 3.64. The second-order valence-corrected chi connectivity index (χ2v) is 12.4. The monoisotopic (exact) mass is 608 g/mol. The Labute approximate surface area is 255 Å². The lowest BCUT2D eigenvalue weighted by Crippen LogP contribution is -2.49. The van der Waals surface area contributed by atoms with E-state index in [4.69, 9.17) is 23.2 Å². The van der Waals surface area contributed by atoms with Crippen LogP contribution < -0.4 is 5.32 Å². The highest BCUT2D eigenvalue weighted by molar-refractivity contribution is 7.13. The molecule has 0 saturated carbocycles. The van der Waals surface area contributed by atoms with E-state index >= 15 is 0 Å². The molecule has 0 bridgehead atoms. The van der Waals surface area contributed by atoms with Gasteiger partial charge in [-0.1, -0.05) is 89.9 Å². The van der Waals surface area contributed by atoms with Crippen LogP contribution >= 0.6 is 34.5 Å². The van der Waals surface area contributed by atoms with Crippen LogP contribution in [0.1, 0.15) is 36.1 Å². The number of anilines is 2. The van der Waals surface area contributed by atoms with Crippen molar-refractivity contribution in [3.05, 3.63) is 111 Å². The number of benzene rings is 3. The van der Waals surface area contributed by atoms with E-state index in [1.165, 1.54) is 11.3 Å². The normalized spacial score (nSPS) is 15.4. The summed E-state index contributed by atoms with van der Waals surface area (Å²) in [6.07, 6.45) is 1.72. The van der Waals surface area contributed by atoms with Gasteiger partial charge in [-0.3, -0.25) is 4.79 Å². The van der Waals surface area contributed by atoms with Crippen molar-refractivity contribution in [2.45, 2.75) is 30.3 Å². The van der Waals surface area contributed by atoms with E-state index in [1.54, 1.807) is 23.1 Å². The molecule has 9 heteroatoms. The minimum atomic E-state index is -1.02. The number of nitrogens with one attached hydrogen (secondary N) is 1. The summed E-state index contributed by atoms with van der Waals surface area (Å²) in [5, 5.41) is 18.3. The minimum Gasteiger partial charge on any atom is -0.383 e. The number of hydrogen-bond acceptors (Lipinski definition) is 6. The van der Waals surface area contributed by atoms with Crippen LogP contribution in [-0.4, -0.2) is 59.5 Å². The Morgan fingerprint density at radius 3 is 2.07 bits per heavy atom. The molecule has 1 aromatic heterocycles. The van der Waals surface area contributed by atoms with E-state index in [1.807, 2.05) is 80.1 Å². The number of carbonyl (C=O) groups excluding carboxylic acids is 1. The summed E-state index contributed by atoms with van der Waals surface area (Å²) >= 11 is 14.0. The maximum absolute atomic E-state index is 13.9. The van der Waals surface area contributed by atoms with Crippen molar-refractivity contribution >= 4 is 51.3 Å². The number of rotatable bonds is 9. The molecule has 1 aliphatic rings. The Balaban J connectivity index is 1.31. The SMILES string of the molecule is CN(C)C(=O)C(CCN1CCC(O)(c2csc(Nc3c(Cl)cccc3Cl)n2)CC1)(c1ccccc1)c1ccccc1. The molecular formula is C32H34Cl2N4O2S. The van der Waals surface area contributed by atoms with Crippen molar-refractivity contribution in [3.63, 3.8) is 0 Å². The third-order valence-corrected chi connectivity index (χ3v) is 9.35. The third-order valence-electron chi connectivity index (χ3n) is 7.97. The fraction of sp³-hybridized carbons (Fsp3) is 0.312. The lowest BCUT2D eigenvalue weighted by Gasteiger charge is -2.40. The number of nitrogens with zero attached hydrogens (tertiary/aromatic N) is 3. The van der Waals surface area contributed by atoms with Gasteiger partial charge in [0.2, 0.25) is 5.91 Å². The van der Waals surface area contributed by atoms with E-state index in [0.29, 0.717) is 65.5 Å². The van der Waals surface area contributed by atoms with Gasteiger partial charge in [0, 0.05) is 32.6 Å². The molecule has 1 fully saturated rings. The summed E-state index contributed by atoms with van der Waals surface area (Å²) in [4.78, 5) is 22.7. The Morgan fingerprint density at radius 2 is 1.54 bits per heavy atom. The largest absolute Gasteiger partial charge is 0.383 e. The molecule has 4 aromatic rings. The zero-order chi connectivity index (χ0) is 29.0. The summed E-state index contributed by atoms with van der Waals surface area (Å²) < 4.78 is 0. The smallest absolute Gasteiger partial charge is 0.237 e. The number of piperidine rings is 1.